The summed E-state index contributed by atoms with van der Waals surface area (Å²) in [4.78, 5) is 32.7. The quantitative estimate of drug-likeness (QED) is 0.279. The number of likely N-dealkylation sites (tertiary alicyclic amines) is 1. The van der Waals surface area contributed by atoms with Crippen LogP contribution in [0.2, 0.25) is 0 Å². The lowest BCUT2D eigenvalue weighted by Crippen LogP contribution is -2.50. The van der Waals surface area contributed by atoms with E-state index >= 15 is 0 Å². The molecule has 2 rings (SSSR count). The van der Waals surface area contributed by atoms with Crippen molar-refractivity contribution in [2.45, 2.75) is 25.4 Å². The summed E-state index contributed by atoms with van der Waals surface area (Å²) >= 11 is 1.68. The van der Waals surface area contributed by atoms with E-state index in [1.165, 1.54) is 9.78 Å². The summed E-state index contributed by atoms with van der Waals surface area (Å²) in [5.74, 6) is 0.666. The highest BCUT2D eigenvalue weighted by atomic mass is 127. The largest absolute Gasteiger partial charge is 0.358 e. The molecule has 0 radical (unpaired) electrons. The van der Waals surface area contributed by atoms with Crippen molar-refractivity contribution in [2.24, 2.45) is 4.99 Å². The number of likely N-dealkylation sites (N-methyl/N-ethyl adjacent to an activating group) is 2. The summed E-state index contributed by atoms with van der Waals surface area (Å²) in [5, 5.41) is 11.5. The van der Waals surface area contributed by atoms with Crippen molar-refractivity contribution < 1.29 is 9.59 Å². The topological polar surface area (TPSA) is 89.1 Å². The SMILES string of the molecule is CNC(=O)CN1CCC(NC(=NCC(=O)N(C)C)NCc2cccs2)CC1.I. The van der Waals surface area contributed by atoms with E-state index in [0.29, 0.717) is 19.0 Å². The highest BCUT2D eigenvalue weighted by molar-refractivity contribution is 14.0. The predicted octanol–water partition coefficient (Wildman–Crippen LogP) is 0.700. The van der Waals surface area contributed by atoms with Gasteiger partial charge in [0.15, 0.2) is 5.96 Å². The Morgan fingerprint density at radius 1 is 1.32 bits per heavy atom. The van der Waals surface area contributed by atoms with Gasteiger partial charge in [-0.2, -0.15) is 0 Å². The van der Waals surface area contributed by atoms with Gasteiger partial charge >= 0.3 is 0 Å². The number of thiophene rings is 1. The Labute approximate surface area is 188 Å². The molecule has 8 nitrogen and oxygen atoms in total. The van der Waals surface area contributed by atoms with E-state index in [9.17, 15) is 9.59 Å². The third-order valence-corrected chi connectivity index (χ3v) is 5.33. The Balaban J connectivity index is 0.00000392. The molecule has 0 spiro atoms. The first kappa shape index (κ1) is 24.6. The maximum absolute atomic E-state index is 11.9. The van der Waals surface area contributed by atoms with Gasteiger partial charge in [0.25, 0.3) is 0 Å². The number of amides is 2. The van der Waals surface area contributed by atoms with Gasteiger partial charge in [0.1, 0.15) is 6.54 Å². The van der Waals surface area contributed by atoms with Crippen molar-refractivity contribution >= 4 is 53.1 Å². The molecule has 1 aromatic heterocycles. The first-order chi connectivity index (χ1) is 13.0. The maximum Gasteiger partial charge on any atom is 0.243 e. The second-order valence-corrected chi connectivity index (χ2v) is 7.79. The van der Waals surface area contributed by atoms with Crippen molar-refractivity contribution in [2.75, 3.05) is 47.3 Å². The number of aliphatic imine (C=N–C) groups is 1. The van der Waals surface area contributed by atoms with Gasteiger partial charge in [0, 0.05) is 45.2 Å². The summed E-state index contributed by atoms with van der Waals surface area (Å²) in [5.41, 5.74) is 0. The highest BCUT2D eigenvalue weighted by Crippen LogP contribution is 2.10. The zero-order chi connectivity index (χ0) is 19.6. The normalized spacial score (nSPS) is 15.5. The lowest BCUT2D eigenvalue weighted by molar-refractivity contribution is -0.127. The number of carbonyl (C=O) groups is 2. The number of piperidine rings is 1. The zero-order valence-electron chi connectivity index (χ0n) is 16.7. The fourth-order valence-electron chi connectivity index (χ4n) is 2.74. The Bertz CT molecular complexity index is 630. The first-order valence-electron chi connectivity index (χ1n) is 9.18. The average Bonchev–Trinajstić information content (AvgIpc) is 3.18. The Morgan fingerprint density at radius 3 is 2.61 bits per heavy atom. The van der Waals surface area contributed by atoms with E-state index in [1.54, 1.807) is 32.5 Å². The molecular weight excluding hydrogens is 491 g/mol. The summed E-state index contributed by atoms with van der Waals surface area (Å²) in [6.07, 6.45) is 1.86. The monoisotopic (exact) mass is 522 g/mol. The van der Waals surface area contributed by atoms with E-state index in [4.69, 9.17) is 0 Å². The van der Waals surface area contributed by atoms with Gasteiger partial charge in [-0.25, -0.2) is 4.99 Å². The second kappa shape index (κ2) is 12.9. The van der Waals surface area contributed by atoms with Gasteiger partial charge in [0.05, 0.1) is 13.1 Å². The van der Waals surface area contributed by atoms with E-state index < -0.39 is 0 Å². The number of nitrogens with zero attached hydrogens (tertiary/aromatic N) is 3. The number of hydrogen-bond donors (Lipinski definition) is 3. The second-order valence-electron chi connectivity index (χ2n) is 6.75. The molecule has 2 heterocycles. The van der Waals surface area contributed by atoms with E-state index in [-0.39, 0.29) is 48.4 Å². The van der Waals surface area contributed by atoms with Gasteiger partial charge in [-0.3, -0.25) is 14.5 Å². The third-order valence-electron chi connectivity index (χ3n) is 4.46. The Morgan fingerprint density at radius 2 is 2.04 bits per heavy atom. The summed E-state index contributed by atoms with van der Waals surface area (Å²) in [6.45, 7) is 2.95. The molecule has 10 heteroatoms. The Hall–Kier alpha value is -1.40. The molecule has 0 aliphatic carbocycles. The smallest absolute Gasteiger partial charge is 0.243 e. The van der Waals surface area contributed by atoms with Crippen LogP contribution in [0.3, 0.4) is 0 Å². The highest BCUT2D eigenvalue weighted by Gasteiger charge is 2.21. The molecule has 1 aliphatic heterocycles. The minimum absolute atomic E-state index is 0. The molecule has 28 heavy (non-hydrogen) atoms. The van der Waals surface area contributed by atoms with E-state index in [1.807, 2.05) is 11.4 Å². The van der Waals surface area contributed by atoms with Crippen LogP contribution < -0.4 is 16.0 Å². The van der Waals surface area contributed by atoms with Crippen molar-refractivity contribution in [3.05, 3.63) is 22.4 Å². The molecule has 0 unspecified atom stereocenters. The van der Waals surface area contributed by atoms with Gasteiger partial charge < -0.3 is 20.9 Å². The van der Waals surface area contributed by atoms with E-state index in [0.717, 1.165) is 25.9 Å². The van der Waals surface area contributed by atoms with Crippen LogP contribution >= 0.6 is 35.3 Å². The molecule has 158 valence electrons. The predicted molar refractivity (Wildman–Crippen MR) is 124 cm³/mol. The lowest BCUT2D eigenvalue weighted by atomic mass is 10.1. The number of nitrogens with one attached hydrogen (secondary N) is 3. The van der Waals surface area contributed by atoms with Crippen LogP contribution in [0.5, 0.6) is 0 Å². The zero-order valence-corrected chi connectivity index (χ0v) is 19.9. The van der Waals surface area contributed by atoms with Crippen LogP contribution in [0.1, 0.15) is 17.7 Å². The standard InChI is InChI=1S/C18H30N6O2S.HI/c1-19-16(25)13-24-8-6-14(7-9-24)22-18(21-12-17(26)23(2)3)20-11-15-5-4-10-27-15;/h4-5,10,14H,6-9,11-13H2,1-3H3,(H,19,25)(H2,20,21,22);1H. The van der Waals surface area contributed by atoms with Crippen molar-refractivity contribution in [3.8, 4) is 0 Å². The maximum atomic E-state index is 11.9. The molecule has 2 amide bonds. The van der Waals surface area contributed by atoms with Crippen molar-refractivity contribution in [1.29, 1.82) is 0 Å². The molecular formula is C18H31IN6O2S. The molecule has 1 aromatic rings. The molecule has 1 aliphatic rings. The van der Waals surface area contributed by atoms with Gasteiger partial charge in [-0.15, -0.1) is 35.3 Å². The van der Waals surface area contributed by atoms with Crippen LogP contribution in [0.15, 0.2) is 22.5 Å². The van der Waals surface area contributed by atoms with Crippen LogP contribution in [0, 0.1) is 0 Å². The van der Waals surface area contributed by atoms with Gasteiger partial charge in [-0.05, 0) is 24.3 Å². The van der Waals surface area contributed by atoms with Crippen LogP contribution in [-0.2, 0) is 16.1 Å². The number of carbonyl (C=O) groups excluding carboxylic acids is 2. The number of halogens is 1. The van der Waals surface area contributed by atoms with Crippen molar-refractivity contribution in [1.82, 2.24) is 25.8 Å². The molecule has 0 aromatic carbocycles. The third kappa shape index (κ3) is 8.74. The fourth-order valence-corrected chi connectivity index (χ4v) is 3.38. The molecule has 1 saturated heterocycles. The number of rotatable bonds is 7. The van der Waals surface area contributed by atoms with Crippen LogP contribution in [0.25, 0.3) is 0 Å². The molecule has 0 bridgehead atoms. The Kier molecular flexibility index (Phi) is 11.4. The molecule has 1 fully saturated rings. The fraction of sp³-hybridized carbons (Fsp3) is 0.611. The minimum Gasteiger partial charge on any atom is -0.358 e. The molecule has 0 saturated carbocycles. The van der Waals surface area contributed by atoms with E-state index in [2.05, 4.69) is 31.9 Å². The van der Waals surface area contributed by atoms with Gasteiger partial charge in [-0.1, -0.05) is 6.07 Å². The van der Waals surface area contributed by atoms with Gasteiger partial charge in [0.2, 0.25) is 11.8 Å². The lowest BCUT2D eigenvalue weighted by Gasteiger charge is -2.32. The number of hydrogen-bond acceptors (Lipinski definition) is 5. The van der Waals surface area contributed by atoms with Crippen LogP contribution in [0.4, 0.5) is 0 Å². The molecule has 0 atom stereocenters. The summed E-state index contributed by atoms with van der Waals surface area (Å²) < 4.78 is 0. The summed E-state index contributed by atoms with van der Waals surface area (Å²) in [7, 11) is 5.12. The first-order valence-corrected chi connectivity index (χ1v) is 10.1. The number of guanidine groups is 1. The van der Waals surface area contributed by atoms with Crippen molar-refractivity contribution in [3.63, 3.8) is 0 Å². The minimum atomic E-state index is -0.0346. The molecule has 3 N–H and O–H groups in total. The average molecular weight is 522 g/mol. The van der Waals surface area contributed by atoms with Crippen LogP contribution in [-0.4, -0.2) is 80.9 Å². The summed E-state index contributed by atoms with van der Waals surface area (Å²) in [6, 6.07) is 4.36.